The summed E-state index contributed by atoms with van der Waals surface area (Å²) in [4.78, 5) is 19.7. The largest absolute Gasteiger partial charge is 0.490 e. The number of halogens is 1. The predicted molar refractivity (Wildman–Crippen MR) is 155 cm³/mol. The third-order valence-electron chi connectivity index (χ3n) is 7.45. The van der Waals surface area contributed by atoms with Crippen molar-refractivity contribution in [2.24, 2.45) is 5.92 Å². The van der Waals surface area contributed by atoms with Crippen LogP contribution in [0.1, 0.15) is 37.6 Å². The third-order valence-corrected chi connectivity index (χ3v) is 8.80. The lowest BCUT2D eigenvalue weighted by atomic mass is 9.97. The number of benzene rings is 2. The van der Waals surface area contributed by atoms with Crippen molar-refractivity contribution in [3.63, 3.8) is 0 Å². The minimum absolute atomic E-state index is 0.0372. The SMILES string of the molecule is C[C@@H]1CN(c2nc(-c3cc(F)cc(OCC(O)(C(O)(O)O)C(O)(O)O)c3)ccc2C(=O)NS(=O)(=O)c2ccccc2)C(C)(C)C1. The highest BCUT2D eigenvalue weighted by atomic mass is 32.2. The molecule has 0 radical (unpaired) electrons. The van der Waals surface area contributed by atoms with Crippen LogP contribution in [0.15, 0.2) is 65.6 Å². The Morgan fingerprint density at radius 2 is 1.64 bits per heavy atom. The van der Waals surface area contributed by atoms with E-state index in [1.165, 1.54) is 36.4 Å². The van der Waals surface area contributed by atoms with E-state index in [-0.39, 0.29) is 33.5 Å². The number of pyridine rings is 1. The summed E-state index contributed by atoms with van der Waals surface area (Å²) in [5.41, 5.74) is -4.37. The summed E-state index contributed by atoms with van der Waals surface area (Å²) >= 11 is 0. The molecule has 1 amide bonds. The molecular formula is C29H34FN3O11S. The van der Waals surface area contributed by atoms with Crippen molar-refractivity contribution in [3.8, 4) is 17.0 Å². The maximum Gasteiger partial charge on any atom is 0.318 e. The number of aromatic nitrogens is 1. The maximum absolute atomic E-state index is 14.7. The van der Waals surface area contributed by atoms with Crippen LogP contribution in [0.4, 0.5) is 10.2 Å². The van der Waals surface area contributed by atoms with Gasteiger partial charge in [0.25, 0.3) is 21.5 Å². The van der Waals surface area contributed by atoms with Gasteiger partial charge in [0, 0.05) is 23.7 Å². The Labute approximate surface area is 257 Å². The number of ether oxygens (including phenoxy) is 1. The van der Waals surface area contributed by atoms with E-state index in [9.17, 15) is 53.3 Å². The zero-order chi connectivity index (χ0) is 33.6. The van der Waals surface area contributed by atoms with Crippen LogP contribution in [0.2, 0.25) is 0 Å². The first-order chi connectivity index (χ1) is 20.6. The molecule has 3 aromatic rings. The average Bonchev–Trinajstić information content (AvgIpc) is 3.21. The molecule has 4 rings (SSSR count). The maximum atomic E-state index is 14.7. The van der Waals surface area contributed by atoms with Crippen LogP contribution < -0.4 is 14.4 Å². The van der Waals surface area contributed by atoms with Crippen LogP contribution in [-0.4, -0.2) is 91.3 Å². The summed E-state index contributed by atoms with van der Waals surface area (Å²) in [6, 6.07) is 12.9. The molecule has 14 nitrogen and oxygen atoms in total. The molecule has 1 atom stereocenters. The van der Waals surface area contributed by atoms with E-state index in [4.69, 9.17) is 4.74 Å². The van der Waals surface area contributed by atoms with Crippen molar-refractivity contribution in [1.29, 1.82) is 0 Å². The number of hydrogen-bond donors (Lipinski definition) is 8. The fraction of sp³-hybridized carbons (Fsp3) is 0.379. The van der Waals surface area contributed by atoms with E-state index in [0.717, 1.165) is 18.2 Å². The molecule has 1 aliphatic heterocycles. The molecule has 45 heavy (non-hydrogen) atoms. The molecule has 0 bridgehead atoms. The Morgan fingerprint density at radius 3 is 2.20 bits per heavy atom. The lowest BCUT2D eigenvalue weighted by molar-refractivity contribution is -0.496. The first kappa shape index (κ1) is 34.1. The molecule has 2 aromatic carbocycles. The second-order valence-corrected chi connectivity index (χ2v) is 13.3. The van der Waals surface area contributed by atoms with Crippen LogP contribution in [0.5, 0.6) is 5.75 Å². The molecule has 1 aliphatic rings. The van der Waals surface area contributed by atoms with E-state index in [2.05, 4.69) is 9.71 Å². The molecule has 244 valence electrons. The number of nitrogens with one attached hydrogen (secondary N) is 1. The molecular weight excluding hydrogens is 617 g/mol. The zero-order valence-corrected chi connectivity index (χ0v) is 25.2. The Balaban J connectivity index is 1.74. The van der Waals surface area contributed by atoms with E-state index in [1.807, 2.05) is 25.7 Å². The van der Waals surface area contributed by atoms with Gasteiger partial charge in [-0.05, 0) is 62.6 Å². The monoisotopic (exact) mass is 651 g/mol. The summed E-state index contributed by atoms with van der Waals surface area (Å²) in [7, 11) is -4.24. The van der Waals surface area contributed by atoms with Crippen LogP contribution >= 0.6 is 0 Å². The summed E-state index contributed by atoms with van der Waals surface area (Å²) in [6.45, 7) is 4.76. The van der Waals surface area contributed by atoms with Gasteiger partial charge in [-0.1, -0.05) is 25.1 Å². The molecule has 1 aromatic heterocycles. The third kappa shape index (κ3) is 7.08. The minimum atomic E-state index is -4.28. The molecule has 0 saturated carbocycles. The molecule has 0 aliphatic carbocycles. The van der Waals surface area contributed by atoms with E-state index in [0.29, 0.717) is 13.0 Å². The van der Waals surface area contributed by atoms with Crippen molar-refractivity contribution < 1.29 is 58.1 Å². The van der Waals surface area contributed by atoms with Gasteiger partial charge in [0.05, 0.1) is 16.2 Å². The van der Waals surface area contributed by atoms with E-state index >= 15 is 0 Å². The van der Waals surface area contributed by atoms with Crippen molar-refractivity contribution in [1.82, 2.24) is 9.71 Å². The highest BCUT2D eigenvalue weighted by Gasteiger charge is 2.63. The van der Waals surface area contributed by atoms with Gasteiger partial charge in [-0.15, -0.1) is 0 Å². The van der Waals surface area contributed by atoms with Crippen LogP contribution in [-0.2, 0) is 10.0 Å². The number of aliphatic hydroxyl groups is 7. The van der Waals surface area contributed by atoms with Gasteiger partial charge >= 0.3 is 11.9 Å². The second-order valence-electron chi connectivity index (χ2n) is 11.6. The average molecular weight is 652 g/mol. The van der Waals surface area contributed by atoms with Crippen LogP contribution in [0.3, 0.4) is 0 Å². The number of amides is 1. The van der Waals surface area contributed by atoms with Crippen LogP contribution in [0, 0.1) is 11.7 Å². The van der Waals surface area contributed by atoms with Gasteiger partial charge < -0.3 is 45.4 Å². The topological polar surface area (TPSA) is 230 Å². The summed E-state index contributed by atoms with van der Waals surface area (Å²) in [6.07, 6.45) is 0.716. The standard InChI is InChI=1S/C29H34FN3O11S/c1-17-14-26(2,3)33(15-17)24-22(25(34)32-45(42,43)21-7-5-4-6-8-21)9-10-23(31-24)18-11-19(30)13-20(12-18)44-16-27(35,28(36,37)38)29(39,40)41/h4-13,17,35-41H,14-16H2,1-3H3,(H,32,34)/t17-/m0/s1. The molecule has 16 heteroatoms. The lowest BCUT2D eigenvalue weighted by Crippen LogP contribution is -2.71. The molecule has 0 spiro atoms. The van der Waals surface area contributed by atoms with E-state index in [1.54, 1.807) is 6.07 Å². The number of carbonyl (C=O) groups excluding carboxylic acids is 1. The quantitative estimate of drug-likeness (QED) is 0.135. The van der Waals surface area contributed by atoms with Crippen molar-refractivity contribution >= 4 is 21.7 Å². The highest BCUT2D eigenvalue weighted by Crippen LogP contribution is 2.39. The second kappa shape index (κ2) is 11.9. The van der Waals surface area contributed by atoms with Crippen molar-refractivity contribution in [2.75, 3.05) is 18.1 Å². The van der Waals surface area contributed by atoms with Gasteiger partial charge in [-0.25, -0.2) is 22.5 Å². The van der Waals surface area contributed by atoms with Crippen molar-refractivity contribution in [2.45, 2.75) is 55.2 Å². The fourth-order valence-electron chi connectivity index (χ4n) is 5.19. The first-order valence-electron chi connectivity index (χ1n) is 13.6. The van der Waals surface area contributed by atoms with Crippen LogP contribution in [0.25, 0.3) is 11.3 Å². The van der Waals surface area contributed by atoms with Gasteiger partial charge in [0.15, 0.2) is 0 Å². The predicted octanol–water partition coefficient (Wildman–Crippen LogP) is 0.00250. The number of anilines is 1. The fourth-order valence-corrected chi connectivity index (χ4v) is 6.17. The summed E-state index contributed by atoms with van der Waals surface area (Å²) < 4.78 is 47.7. The summed E-state index contributed by atoms with van der Waals surface area (Å²) in [5.74, 6) is -10.6. The number of sulfonamides is 1. The molecule has 8 N–H and O–H groups in total. The van der Waals surface area contributed by atoms with Gasteiger partial charge in [-0.2, -0.15) is 0 Å². The van der Waals surface area contributed by atoms with Gasteiger partial charge in [0.2, 0.25) is 0 Å². The number of hydrogen-bond acceptors (Lipinski definition) is 13. The van der Waals surface area contributed by atoms with Gasteiger partial charge in [-0.3, -0.25) is 4.79 Å². The minimum Gasteiger partial charge on any atom is -0.490 e. The Bertz CT molecular complexity index is 1660. The van der Waals surface area contributed by atoms with E-state index < -0.39 is 57.2 Å². The normalized spacial score (nSPS) is 17.3. The first-order valence-corrected chi connectivity index (χ1v) is 15.0. The molecule has 1 fully saturated rings. The number of rotatable bonds is 10. The molecule has 0 unspecified atom stereocenters. The number of carbonyl (C=O) groups is 1. The zero-order valence-electron chi connectivity index (χ0n) is 24.4. The molecule has 2 heterocycles. The summed E-state index contributed by atoms with van der Waals surface area (Å²) in [5, 5.41) is 66.4. The highest BCUT2D eigenvalue weighted by molar-refractivity contribution is 7.90. The Kier molecular flexibility index (Phi) is 9.02. The lowest BCUT2D eigenvalue weighted by Gasteiger charge is -2.39. The Morgan fingerprint density at radius 1 is 1.02 bits per heavy atom. The molecule has 1 saturated heterocycles. The number of nitrogens with zero attached hydrogens (tertiary/aromatic N) is 2. The smallest absolute Gasteiger partial charge is 0.318 e. The Hall–Kier alpha value is -3.74. The van der Waals surface area contributed by atoms with Crippen molar-refractivity contribution in [3.05, 3.63) is 72.0 Å². The van der Waals surface area contributed by atoms with Gasteiger partial charge in [0.1, 0.15) is 24.0 Å².